The normalized spacial score (nSPS) is 12.1. The summed E-state index contributed by atoms with van der Waals surface area (Å²) in [5.41, 5.74) is 0. The number of H-pyrrole nitrogens is 1. The van der Waals surface area contributed by atoms with E-state index < -0.39 is 10.0 Å². The number of rotatable bonds is 4. The van der Waals surface area contributed by atoms with Crippen LogP contribution in [-0.4, -0.2) is 39.9 Å². The van der Waals surface area contributed by atoms with Crippen LogP contribution in [0.4, 0.5) is 0 Å². The molecule has 0 radical (unpaired) electrons. The van der Waals surface area contributed by atoms with Gasteiger partial charge in [-0.2, -0.15) is 9.40 Å². The van der Waals surface area contributed by atoms with E-state index in [1.165, 1.54) is 17.7 Å². The standard InChI is InChI=1S/C13H13N5O2S/c1-18(8-13-15-9-16-17-13)21(19,20)12-4-2-3-10-7-14-6-5-11(10)12/h2-7,9H,8H2,1H3,(H,15,16,17). The minimum Gasteiger partial charge on any atom is -0.264 e. The molecule has 0 unspecified atom stereocenters. The molecule has 0 spiro atoms. The third-order valence-corrected chi connectivity index (χ3v) is 5.03. The van der Waals surface area contributed by atoms with Crippen LogP contribution >= 0.6 is 0 Å². The molecule has 108 valence electrons. The van der Waals surface area contributed by atoms with E-state index in [1.54, 1.807) is 30.6 Å². The molecular formula is C13H13N5O2S. The Labute approximate surface area is 121 Å². The highest BCUT2D eigenvalue weighted by atomic mass is 32.2. The Bertz CT molecular complexity index is 856. The number of benzene rings is 1. The summed E-state index contributed by atoms with van der Waals surface area (Å²) in [6.07, 6.45) is 4.57. The van der Waals surface area contributed by atoms with Crippen LogP contribution in [0.3, 0.4) is 0 Å². The Kier molecular flexibility index (Phi) is 3.40. The van der Waals surface area contributed by atoms with Gasteiger partial charge in [0.15, 0.2) is 0 Å². The van der Waals surface area contributed by atoms with Crippen molar-refractivity contribution >= 4 is 20.8 Å². The van der Waals surface area contributed by atoms with Gasteiger partial charge in [0, 0.05) is 30.2 Å². The van der Waals surface area contributed by atoms with Gasteiger partial charge in [-0.1, -0.05) is 12.1 Å². The average molecular weight is 303 g/mol. The Morgan fingerprint density at radius 1 is 1.29 bits per heavy atom. The van der Waals surface area contributed by atoms with E-state index in [9.17, 15) is 8.42 Å². The number of aromatic amines is 1. The molecule has 0 fully saturated rings. The summed E-state index contributed by atoms with van der Waals surface area (Å²) in [5.74, 6) is 0.489. The summed E-state index contributed by atoms with van der Waals surface area (Å²) in [6.45, 7) is 0.129. The van der Waals surface area contributed by atoms with E-state index in [0.717, 1.165) is 5.39 Å². The van der Waals surface area contributed by atoms with Crippen molar-refractivity contribution in [2.24, 2.45) is 0 Å². The van der Waals surface area contributed by atoms with Crippen molar-refractivity contribution in [1.29, 1.82) is 0 Å². The van der Waals surface area contributed by atoms with E-state index in [-0.39, 0.29) is 11.4 Å². The van der Waals surface area contributed by atoms with Gasteiger partial charge < -0.3 is 0 Å². The average Bonchev–Trinajstić information content (AvgIpc) is 2.99. The highest BCUT2D eigenvalue weighted by Crippen LogP contribution is 2.24. The van der Waals surface area contributed by atoms with Gasteiger partial charge in [-0.05, 0) is 12.1 Å². The largest absolute Gasteiger partial charge is 0.264 e. The summed E-state index contributed by atoms with van der Waals surface area (Å²) in [6, 6.07) is 6.83. The van der Waals surface area contributed by atoms with E-state index in [4.69, 9.17) is 0 Å². The molecule has 0 aliphatic heterocycles. The molecule has 0 aliphatic rings. The van der Waals surface area contributed by atoms with Crippen molar-refractivity contribution < 1.29 is 8.42 Å². The lowest BCUT2D eigenvalue weighted by Gasteiger charge is -2.17. The highest BCUT2D eigenvalue weighted by molar-refractivity contribution is 7.89. The topological polar surface area (TPSA) is 91.8 Å². The second-order valence-corrected chi connectivity index (χ2v) is 6.56. The predicted octanol–water partition coefficient (Wildman–Crippen LogP) is 1.17. The van der Waals surface area contributed by atoms with Gasteiger partial charge in [0.05, 0.1) is 11.4 Å². The van der Waals surface area contributed by atoms with Crippen molar-refractivity contribution in [2.75, 3.05) is 7.05 Å². The Hall–Kier alpha value is -2.32. The van der Waals surface area contributed by atoms with Crippen molar-refractivity contribution in [2.45, 2.75) is 11.4 Å². The molecule has 0 aliphatic carbocycles. The number of pyridine rings is 1. The van der Waals surface area contributed by atoms with Gasteiger partial charge in [-0.3, -0.25) is 10.1 Å². The molecule has 3 aromatic rings. The fraction of sp³-hybridized carbons (Fsp3) is 0.154. The molecule has 0 saturated heterocycles. The van der Waals surface area contributed by atoms with Gasteiger partial charge in [0.1, 0.15) is 12.2 Å². The van der Waals surface area contributed by atoms with Crippen LogP contribution in [0, 0.1) is 0 Å². The first-order valence-electron chi connectivity index (χ1n) is 6.22. The molecule has 7 nitrogen and oxygen atoms in total. The summed E-state index contributed by atoms with van der Waals surface area (Å²) < 4.78 is 26.7. The molecule has 2 aromatic heterocycles. The van der Waals surface area contributed by atoms with E-state index >= 15 is 0 Å². The quantitative estimate of drug-likeness (QED) is 0.781. The summed E-state index contributed by atoms with van der Waals surface area (Å²) in [5, 5.41) is 7.80. The van der Waals surface area contributed by atoms with Crippen LogP contribution < -0.4 is 0 Å². The molecule has 0 saturated carbocycles. The van der Waals surface area contributed by atoms with Gasteiger partial charge in [-0.15, -0.1) is 0 Å². The van der Waals surface area contributed by atoms with Crippen molar-refractivity contribution in [3.8, 4) is 0 Å². The Balaban J connectivity index is 2.04. The molecular weight excluding hydrogens is 290 g/mol. The first-order valence-corrected chi connectivity index (χ1v) is 7.66. The van der Waals surface area contributed by atoms with Gasteiger partial charge in [-0.25, -0.2) is 13.4 Å². The number of nitrogens with zero attached hydrogens (tertiary/aromatic N) is 4. The van der Waals surface area contributed by atoms with Crippen LogP contribution in [-0.2, 0) is 16.6 Å². The number of sulfonamides is 1. The van der Waals surface area contributed by atoms with Crippen molar-refractivity contribution in [1.82, 2.24) is 24.5 Å². The second kappa shape index (κ2) is 5.23. The van der Waals surface area contributed by atoms with E-state index in [2.05, 4.69) is 20.2 Å². The molecule has 21 heavy (non-hydrogen) atoms. The zero-order valence-electron chi connectivity index (χ0n) is 11.3. The lowest BCUT2D eigenvalue weighted by molar-refractivity contribution is 0.458. The predicted molar refractivity (Wildman–Crippen MR) is 76.8 cm³/mol. The van der Waals surface area contributed by atoms with Crippen molar-refractivity contribution in [3.63, 3.8) is 0 Å². The maximum Gasteiger partial charge on any atom is 0.243 e. The molecule has 1 aromatic carbocycles. The minimum absolute atomic E-state index is 0.129. The zero-order valence-corrected chi connectivity index (χ0v) is 12.1. The Morgan fingerprint density at radius 2 is 2.14 bits per heavy atom. The third-order valence-electron chi connectivity index (χ3n) is 3.17. The first-order chi connectivity index (χ1) is 10.1. The number of hydrogen-bond donors (Lipinski definition) is 1. The van der Waals surface area contributed by atoms with Gasteiger partial charge in [0.2, 0.25) is 10.0 Å². The fourth-order valence-electron chi connectivity index (χ4n) is 2.09. The van der Waals surface area contributed by atoms with Gasteiger partial charge >= 0.3 is 0 Å². The van der Waals surface area contributed by atoms with Crippen LogP contribution in [0.25, 0.3) is 10.8 Å². The van der Waals surface area contributed by atoms with Crippen LogP contribution in [0.15, 0.2) is 47.9 Å². The smallest absolute Gasteiger partial charge is 0.243 e. The first kappa shape index (κ1) is 13.7. The maximum absolute atomic E-state index is 12.7. The monoisotopic (exact) mass is 303 g/mol. The summed E-state index contributed by atoms with van der Waals surface area (Å²) in [4.78, 5) is 8.21. The highest BCUT2D eigenvalue weighted by Gasteiger charge is 2.23. The zero-order chi connectivity index (χ0) is 14.9. The molecule has 2 heterocycles. The minimum atomic E-state index is -3.62. The molecule has 0 atom stereocenters. The van der Waals surface area contributed by atoms with Crippen molar-refractivity contribution in [3.05, 3.63) is 48.8 Å². The van der Waals surface area contributed by atoms with E-state index in [1.807, 2.05) is 6.07 Å². The number of hydrogen-bond acceptors (Lipinski definition) is 5. The second-order valence-electron chi connectivity index (χ2n) is 4.55. The van der Waals surface area contributed by atoms with Gasteiger partial charge in [0.25, 0.3) is 0 Å². The number of fused-ring (bicyclic) bond motifs is 1. The maximum atomic E-state index is 12.7. The van der Waals surface area contributed by atoms with Crippen LogP contribution in [0.1, 0.15) is 5.82 Å². The Morgan fingerprint density at radius 3 is 2.90 bits per heavy atom. The molecule has 3 rings (SSSR count). The lowest BCUT2D eigenvalue weighted by Crippen LogP contribution is -2.27. The number of aromatic nitrogens is 4. The number of nitrogens with one attached hydrogen (secondary N) is 1. The SMILES string of the molecule is CN(Cc1ncn[nH]1)S(=O)(=O)c1cccc2cnccc12. The molecule has 0 bridgehead atoms. The summed E-state index contributed by atoms with van der Waals surface area (Å²) in [7, 11) is -2.11. The molecule has 1 N–H and O–H groups in total. The van der Waals surface area contributed by atoms with Crippen LogP contribution in [0.2, 0.25) is 0 Å². The molecule has 0 amide bonds. The third kappa shape index (κ3) is 2.50. The lowest BCUT2D eigenvalue weighted by atomic mass is 10.2. The van der Waals surface area contributed by atoms with Crippen LogP contribution in [0.5, 0.6) is 0 Å². The summed E-state index contributed by atoms with van der Waals surface area (Å²) >= 11 is 0. The fourth-order valence-corrected chi connectivity index (χ4v) is 3.43. The molecule has 8 heteroatoms. The van der Waals surface area contributed by atoms with E-state index in [0.29, 0.717) is 11.2 Å².